The van der Waals surface area contributed by atoms with Gasteiger partial charge in [0.05, 0.1) is 23.0 Å². The van der Waals surface area contributed by atoms with Crippen molar-refractivity contribution < 1.29 is 14.4 Å². The predicted octanol–water partition coefficient (Wildman–Crippen LogP) is 3.14. The first kappa shape index (κ1) is 29.2. The molecule has 2 aromatic heterocycles. The Morgan fingerprint density at radius 2 is 2.00 bits per heavy atom. The fraction of sp³-hybridized carbons (Fsp3) is 0.464. The minimum Gasteiger partial charge on any atom is -0.520 e. The summed E-state index contributed by atoms with van der Waals surface area (Å²) >= 11 is 1.67. The first-order chi connectivity index (χ1) is 18.5. The predicted molar refractivity (Wildman–Crippen MR) is 149 cm³/mol. The first-order valence-corrected chi connectivity index (χ1v) is 13.9. The Bertz CT molecular complexity index is 1220. The topological polar surface area (TPSA) is 108 Å². The van der Waals surface area contributed by atoms with Crippen LogP contribution < -0.4 is 10.6 Å². The molecule has 2 fully saturated rings. The Balaban J connectivity index is 0.000000222. The fourth-order valence-electron chi connectivity index (χ4n) is 5.01. The average Bonchev–Trinajstić information content (AvgIpc) is 3.61. The fourth-order valence-corrected chi connectivity index (χ4v) is 6.13. The zero-order chi connectivity index (χ0) is 26.9. The van der Waals surface area contributed by atoms with Crippen LogP contribution in [0.4, 0.5) is 0 Å². The molecule has 3 amide bonds. The number of nitrogens with one attached hydrogen (secondary N) is 2. The van der Waals surface area contributed by atoms with Gasteiger partial charge in [-0.25, -0.2) is 4.98 Å². The smallest absolute Gasteiger partial charge is 0.237 e. The number of pyridine rings is 1. The summed E-state index contributed by atoms with van der Waals surface area (Å²) in [6, 6.07) is 12.4. The van der Waals surface area contributed by atoms with Crippen molar-refractivity contribution in [1.82, 2.24) is 30.4 Å². The third kappa shape index (κ3) is 7.36. The van der Waals surface area contributed by atoms with Gasteiger partial charge in [0.25, 0.3) is 0 Å². The van der Waals surface area contributed by atoms with Crippen LogP contribution in [0.2, 0.25) is 0 Å². The summed E-state index contributed by atoms with van der Waals surface area (Å²) in [4.78, 5) is 45.4. The van der Waals surface area contributed by atoms with Crippen LogP contribution in [-0.2, 0) is 14.4 Å². The molecule has 4 heterocycles. The second kappa shape index (κ2) is 14.0. The van der Waals surface area contributed by atoms with Crippen molar-refractivity contribution in [1.29, 1.82) is 0 Å². The number of thiazole rings is 1. The molecule has 2 atom stereocenters. The average molecular weight is 793 g/mol. The summed E-state index contributed by atoms with van der Waals surface area (Å²) in [5, 5.41) is 7.24. The normalized spacial score (nSPS) is 17.9. The van der Waals surface area contributed by atoms with Crippen LogP contribution in [0.3, 0.4) is 0 Å². The molecule has 2 saturated heterocycles. The second-order valence-corrected chi connectivity index (χ2v) is 10.9. The van der Waals surface area contributed by atoms with E-state index in [4.69, 9.17) is 4.98 Å². The number of hydrogen-bond acceptors (Lipinski definition) is 7. The van der Waals surface area contributed by atoms with Crippen LogP contribution in [0.25, 0.3) is 21.5 Å². The first-order valence-electron chi connectivity index (χ1n) is 13.1. The molecule has 2 unspecified atom stereocenters. The number of rotatable bonds is 8. The van der Waals surface area contributed by atoms with Crippen LogP contribution in [0.5, 0.6) is 0 Å². The monoisotopic (exact) mass is 792 g/mol. The van der Waals surface area contributed by atoms with Crippen LogP contribution in [0.1, 0.15) is 43.7 Å². The number of likely N-dealkylation sites (tertiary alicyclic amines) is 1. The molecule has 11 heteroatoms. The van der Waals surface area contributed by atoms with E-state index in [0.717, 1.165) is 78.2 Å². The maximum atomic E-state index is 11.5. The number of piperidine rings is 1. The van der Waals surface area contributed by atoms with E-state index in [2.05, 4.69) is 15.6 Å². The van der Waals surface area contributed by atoms with Gasteiger partial charge in [-0.3, -0.25) is 14.6 Å². The minimum atomic E-state index is -0.114. The van der Waals surface area contributed by atoms with Crippen molar-refractivity contribution in [2.45, 2.75) is 44.7 Å². The summed E-state index contributed by atoms with van der Waals surface area (Å²) in [6.45, 7) is 4.98. The number of likely N-dealkylation sites (N-methyl/N-ethyl adjacent to an activating group) is 1. The van der Waals surface area contributed by atoms with E-state index in [-0.39, 0.29) is 24.5 Å². The Hall–Kier alpha value is -4.37. The molecule has 0 radical (unpaired) electrons. The molecular formula is C28H35FmN6O3S-. The van der Waals surface area contributed by atoms with Gasteiger partial charge in [0.1, 0.15) is 10.5 Å². The molecule has 2 aliphatic rings. The van der Waals surface area contributed by atoms with E-state index in [0.29, 0.717) is 5.92 Å². The molecule has 214 valence electrons. The quantitative estimate of drug-likeness (QED) is 0.207. The molecular weight excluding hydrogens is 757 g/mol. The van der Waals surface area contributed by atoms with Crippen molar-refractivity contribution in [3.63, 3.8) is 0 Å². The Morgan fingerprint density at radius 1 is 1.26 bits per heavy atom. The van der Waals surface area contributed by atoms with E-state index >= 15 is 0 Å². The number of carbonyl (C=O) groups excluding carboxylic acids is 3. The van der Waals surface area contributed by atoms with E-state index in [1.165, 1.54) is 4.90 Å². The molecule has 0 bridgehead atoms. The number of carbonyl (C=O) groups is 2. The summed E-state index contributed by atoms with van der Waals surface area (Å²) in [5.74, 6) is 0.424. The number of aromatic nitrogens is 2. The van der Waals surface area contributed by atoms with Gasteiger partial charge in [-0.1, -0.05) is 30.3 Å². The molecule has 5 rings (SSSR count). The molecule has 3 aromatic rings. The summed E-state index contributed by atoms with van der Waals surface area (Å²) in [5.41, 5.74) is 2.92. The Kier molecular flexibility index (Phi) is 10.5. The van der Waals surface area contributed by atoms with Crippen molar-refractivity contribution >= 4 is 40.3 Å². The largest absolute Gasteiger partial charge is 0.520 e. The molecule has 0 aliphatic carbocycles. The van der Waals surface area contributed by atoms with Gasteiger partial charge < -0.3 is 25.2 Å². The number of nitrogens with zero attached hydrogens (tertiary/aromatic N) is 4. The summed E-state index contributed by atoms with van der Waals surface area (Å²) in [6.07, 6.45) is 8.66. The number of hydrogen-bond donors (Lipinski definition) is 2. The standard InChI is InChI=1S/C17H15N3OS.C11H20N3O2.Fm/c21-11-20-10-4-7-13(20)17-19-16-14(22-17)8-9-18-15(16)12-5-2-1-3-6-12;1-9(10-3-5-12-6-4-10)13-11(16)7-14(2)8-15;/h1-3,5-6,8-9,11,13H,4,7,10H2;9-10,12H,3-7H2,1-2H3,(H,13,16);/q;-1;. The maximum Gasteiger partial charge on any atom is 0.237 e. The summed E-state index contributed by atoms with van der Waals surface area (Å²) < 4.78 is 1.13. The van der Waals surface area contributed by atoms with Crippen molar-refractivity contribution in [2.75, 3.05) is 33.2 Å². The number of benzene rings is 1. The summed E-state index contributed by atoms with van der Waals surface area (Å²) in [7, 11) is 1.54. The maximum absolute atomic E-state index is 11.5. The van der Waals surface area contributed by atoms with E-state index in [1.54, 1.807) is 24.8 Å². The zero-order valence-electron chi connectivity index (χ0n) is 22.2. The van der Waals surface area contributed by atoms with Gasteiger partial charge >= 0.3 is 0 Å². The molecule has 1 aromatic carbocycles. The van der Waals surface area contributed by atoms with Crippen LogP contribution in [-0.4, -0.2) is 77.8 Å². The van der Waals surface area contributed by atoms with Crippen molar-refractivity contribution in [3.8, 4) is 11.3 Å². The number of fused-ring (bicyclic) bond motifs is 1. The third-order valence-electron chi connectivity index (χ3n) is 7.10. The van der Waals surface area contributed by atoms with Gasteiger partial charge in [0, 0.05) is 24.3 Å². The van der Waals surface area contributed by atoms with Gasteiger partial charge in [-0.2, -0.15) is 6.41 Å². The van der Waals surface area contributed by atoms with Crippen LogP contribution in [0, 0.1) is 5.92 Å². The molecule has 2 N–H and O–H groups in total. The minimum absolute atomic E-state index is 0. The van der Waals surface area contributed by atoms with Gasteiger partial charge in [-0.15, -0.1) is 11.3 Å². The molecule has 0 spiro atoms. The molecule has 9 nitrogen and oxygen atoms in total. The number of amides is 3. The van der Waals surface area contributed by atoms with Gasteiger partial charge in [0.2, 0.25) is 12.3 Å². The van der Waals surface area contributed by atoms with Gasteiger partial charge in [0.15, 0.2) is 0 Å². The van der Waals surface area contributed by atoms with Gasteiger partial charge in [-0.05, 0) is 64.7 Å². The van der Waals surface area contributed by atoms with E-state index in [1.807, 2.05) is 54.4 Å². The second-order valence-electron chi connectivity index (χ2n) is 9.82. The SMILES string of the molecule is CC(NC(=O)CN(C)[C-]=O)C1CCNCC1.O=CN1CCCC1c1nc2c(-c3ccccc3)nccc2s1.[Fm]. The van der Waals surface area contributed by atoms with Crippen molar-refractivity contribution in [2.24, 2.45) is 5.92 Å². The van der Waals surface area contributed by atoms with Crippen molar-refractivity contribution in [3.05, 3.63) is 47.6 Å². The Morgan fingerprint density at radius 3 is 2.69 bits per heavy atom. The van der Waals surface area contributed by atoms with E-state index < -0.39 is 0 Å². The molecule has 39 heavy (non-hydrogen) atoms. The molecule has 0 saturated carbocycles. The Labute approximate surface area is 227 Å². The van der Waals surface area contributed by atoms with Crippen LogP contribution >= 0.6 is 11.3 Å². The zero-order valence-corrected chi connectivity index (χ0v) is 25.4. The third-order valence-corrected chi connectivity index (χ3v) is 8.22. The van der Waals surface area contributed by atoms with E-state index in [9.17, 15) is 14.4 Å². The molecule has 2 aliphatic heterocycles. The van der Waals surface area contributed by atoms with Crippen LogP contribution in [0.15, 0.2) is 42.6 Å².